The van der Waals surface area contributed by atoms with E-state index in [0.717, 1.165) is 39.2 Å². The van der Waals surface area contributed by atoms with Crippen molar-refractivity contribution >= 4 is 28.3 Å². The highest BCUT2D eigenvalue weighted by Gasteiger charge is 2.46. The summed E-state index contributed by atoms with van der Waals surface area (Å²) < 4.78 is 34.6. The van der Waals surface area contributed by atoms with Gasteiger partial charge < -0.3 is 15.0 Å². The summed E-state index contributed by atoms with van der Waals surface area (Å²) in [6, 6.07) is 17.7. The van der Waals surface area contributed by atoms with Gasteiger partial charge in [-0.25, -0.2) is 13.8 Å². The Hall–Kier alpha value is -4.92. The number of hydrogen-bond donors (Lipinski definition) is 1. The Kier molecular flexibility index (Phi) is 7.02. The van der Waals surface area contributed by atoms with Crippen LogP contribution in [0.1, 0.15) is 40.0 Å². The maximum atomic E-state index is 14.9. The first-order chi connectivity index (χ1) is 20.2. The number of anilines is 2. The van der Waals surface area contributed by atoms with Gasteiger partial charge in [-0.1, -0.05) is 12.1 Å². The summed E-state index contributed by atoms with van der Waals surface area (Å²) >= 11 is 0. The first-order valence-corrected chi connectivity index (χ1v) is 13.6. The van der Waals surface area contributed by atoms with E-state index < -0.39 is 17.4 Å². The van der Waals surface area contributed by atoms with E-state index in [1.807, 2.05) is 48.3 Å². The van der Waals surface area contributed by atoms with Gasteiger partial charge >= 0.3 is 0 Å². The first-order valence-electron chi connectivity index (χ1n) is 13.6. The average Bonchev–Trinajstić information content (AvgIpc) is 3.76. The Balaban J connectivity index is 1.23. The molecule has 6 rings (SSSR count). The van der Waals surface area contributed by atoms with E-state index in [4.69, 9.17) is 4.74 Å². The minimum absolute atomic E-state index is 0.0223. The number of rotatable bonds is 8. The molecule has 0 bridgehead atoms. The molecule has 0 unspecified atom stereocenters. The third-order valence-electron chi connectivity index (χ3n) is 7.56. The van der Waals surface area contributed by atoms with Gasteiger partial charge in [-0.2, -0.15) is 0 Å². The Labute approximate surface area is 242 Å². The summed E-state index contributed by atoms with van der Waals surface area (Å²) in [5.74, 6) is 0.483. The summed E-state index contributed by atoms with van der Waals surface area (Å²) in [6.45, 7) is 2.47. The molecule has 1 aliphatic rings. The lowest BCUT2D eigenvalue weighted by molar-refractivity contribution is 0.102. The molecular weight excluding hydrogens is 536 g/mol. The minimum atomic E-state index is -1.47. The van der Waals surface area contributed by atoms with Crippen LogP contribution < -0.4 is 15.0 Å². The number of methoxy groups -OCH3 is 1. The van der Waals surface area contributed by atoms with Gasteiger partial charge in [-0.3, -0.25) is 14.8 Å². The molecule has 212 valence electrons. The van der Waals surface area contributed by atoms with Crippen LogP contribution in [0.4, 0.5) is 20.3 Å². The first kappa shape index (κ1) is 27.3. The molecule has 1 N–H and O–H groups in total. The van der Waals surface area contributed by atoms with Crippen molar-refractivity contribution in [2.45, 2.75) is 32.0 Å². The topological polar surface area (TPSA) is 80.2 Å². The molecule has 3 aromatic heterocycles. The number of alkyl halides is 1. The molecule has 1 amide bonds. The summed E-state index contributed by atoms with van der Waals surface area (Å²) in [6.07, 6.45) is 5.67. The number of halogens is 2. The lowest BCUT2D eigenvalue weighted by Crippen LogP contribution is -2.17. The largest absolute Gasteiger partial charge is 0.497 e. The summed E-state index contributed by atoms with van der Waals surface area (Å²) in [5.41, 5.74) is 3.06. The van der Waals surface area contributed by atoms with E-state index in [-0.39, 0.29) is 16.9 Å². The van der Waals surface area contributed by atoms with Crippen LogP contribution in [-0.4, -0.2) is 35.0 Å². The zero-order chi connectivity index (χ0) is 29.4. The van der Waals surface area contributed by atoms with E-state index in [1.165, 1.54) is 24.4 Å². The molecule has 5 aromatic rings. The van der Waals surface area contributed by atoms with Gasteiger partial charge in [0.25, 0.3) is 5.91 Å². The monoisotopic (exact) mass is 565 g/mol. The Morgan fingerprint density at radius 1 is 1.02 bits per heavy atom. The highest BCUT2D eigenvalue weighted by Crippen LogP contribution is 2.48. The molecule has 7 nitrogen and oxygen atoms in total. The number of fused-ring (bicyclic) bond motifs is 1. The molecule has 42 heavy (non-hydrogen) atoms. The zero-order valence-electron chi connectivity index (χ0n) is 23.5. The number of ether oxygens (including phenoxy) is 1. The van der Waals surface area contributed by atoms with Gasteiger partial charge in [0.15, 0.2) is 5.67 Å². The van der Waals surface area contributed by atoms with E-state index >= 15 is 0 Å². The highest BCUT2D eigenvalue weighted by molar-refractivity contribution is 6.04. The second-order valence-corrected chi connectivity index (χ2v) is 10.7. The van der Waals surface area contributed by atoms with E-state index in [2.05, 4.69) is 20.3 Å². The predicted octanol–water partition coefficient (Wildman–Crippen LogP) is 7.00. The summed E-state index contributed by atoms with van der Waals surface area (Å²) in [7, 11) is 3.61. The van der Waals surface area contributed by atoms with Crippen molar-refractivity contribution < 1.29 is 18.3 Å². The third kappa shape index (κ3) is 5.50. The second kappa shape index (κ2) is 10.8. The van der Waals surface area contributed by atoms with E-state index in [0.29, 0.717) is 24.9 Å². The number of pyridine rings is 3. The lowest BCUT2D eigenvalue weighted by atomic mass is 9.99. The van der Waals surface area contributed by atoms with Crippen molar-refractivity contribution in [2.75, 3.05) is 24.4 Å². The van der Waals surface area contributed by atoms with Crippen molar-refractivity contribution in [2.24, 2.45) is 0 Å². The number of hydrogen-bond acceptors (Lipinski definition) is 6. The molecule has 0 saturated heterocycles. The predicted molar refractivity (Wildman–Crippen MR) is 159 cm³/mol. The van der Waals surface area contributed by atoms with Gasteiger partial charge in [0.05, 0.1) is 24.0 Å². The zero-order valence-corrected chi connectivity index (χ0v) is 23.5. The number of nitrogens with zero attached hydrogens (tertiary/aromatic N) is 4. The van der Waals surface area contributed by atoms with Crippen molar-refractivity contribution in [1.29, 1.82) is 0 Å². The summed E-state index contributed by atoms with van der Waals surface area (Å²) in [4.78, 5) is 28.4. The van der Waals surface area contributed by atoms with E-state index in [9.17, 15) is 13.6 Å². The van der Waals surface area contributed by atoms with Crippen LogP contribution in [0.2, 0.25) is 0 Å². The molecule has 0 spiro atoms. The number of benzene rings is 2. The smallest absolute Gasteiger partial charge is 0.255 e. The number of carbonyl (C=O) groups excluding carboxylic acids is 1. The number of amides is 1. The number of nitrogens with one attached hydrogen (secondary N) is 1. The van der Waals surface area contributed by atoms with Gasteiger partial charge in [-0.05, 0) is 78.9 Å². The maximum absolute atomic E-state index is 14.9. The molecule has 0 radical (unpaired) electrons. The van der Waals surface area contributed by atoms with Gasteiger partial charge in [0, 0.05) is 54.8 Å². The van der Waals surface area contributed by atoms with Crippen molar-refractivity contribution in [3.8, 4) is 16.9 Å². The van der Waals surface area contributed by atoms with Gasteiger partial charge in [-0.15, -0.1) is 0 Å². The fraction of sp³-hybridized carbons (Fsp3) is 0.212. The van der Waals surface area contributed by atoms with Gasteiger partial charge in [0.2, 0.25) is 0 Å². The summed E-state index contributed by atoms with van der Waals surface area (Å²) in [5, 5.41) is 3.46. The number of aryl methyl sites for hydroxylation is 1. The fourth-order valence-electron chi connectivity index (χ4n) is 4.91. The quantitative estimate of drug-likeness (QED) is 0.218. The highest BCUT2D eigenvalue weighted by atomic mass is 19.1. The molecular formula is C33H29F2N5O2. The lowest BCUT2D eigenvalue weighted by Gasteiger charge is -2.19. The van der Waals surface area contributed by atoms with Crippen LogP contribution in [0.15, 0.2) is 79.3 Å². The normalized spacial score (nSPS) is 13.5. The SMILES string of the molecule is COc1ccc(CN(C)c2cc3ncc(-c4cc(NC(=O)c5ccnc(C6(F)CC6)c5)c(F)cc4C)cc3cn2)cc1. The Bertz CT molecular complexity index is 1810. The second-order valence-electron chi connectivity index (χ2n) is 10.7. The van der Waals surface area contributed by atoms with Crippen LogP contribution in [0.25, 0.3) is 22.0 Å². The molecule has 1 saturated carbocycles. The molecule has 0 atom stereocenters. The van der Waals surface area contributed by atoms with Crippen LogP contribution in [-0.2, 0) is 12.2 Å². The van der Waals surface area contributed by atoms with Crippen molar-refractivity contribution in [1.82, 2.24) is 15.0 Å². The molecule has 2 aromatic carbocycles. The van der Waals surface area contributed by atoms with E-state index in [1.54, 1.807) is 32.5 Å². The molecule has 0 aliphatic heterocycles. The number of aromatic nitrogens is 3. The molecule has 9 heteroatoms. The van der Waals surface area contributed by atoms with Gasteiger partial charge in [0.1, 0.15) is 17.4 Å². The third-order valence-corrected chi connectivity index (χ3v) is 7.56. The Morgan fingerprint density at radius 2 is 1.81 bits per heavy atom. The van der Waals surface area contributed by atoms with Crippen molar-refractivity contribution in [3.63, 3.8) is 0 Å². The standard InChI is InChI=1S/C33H29F2N5O2/c1-20-12-27(34)29(39-32(41)22-8-11-36-30(14-22)33(35)9-10-33)15-26(20)23-13-24-18-38-31(16-28(24)37-17-23)40(2)19-21-4-6-25(42-3)7-5-21/h4-8,11-18H,9-10,19H2,1-3H3,(H,39,41). The maximum Gasteiger partial charge on any atom is 0.255 e. The molecule has 1 aliphatic carbocycles. The fourth-order valence-corrected chi connectivity index (χ4v) is 4.91. The van der Waals surface area contributed by atoms with Crippen LogP contribution >= 0.6 is 0 Å². The van der Waals surface area contributed by atoms with Crippen LogP contribution in [0.3, 0.4) is 0 Å². The minimum Gasteiger partial charge on any atom is -0.497 e. The van der Waals surface area contributed by atoms with Crippen molar-refractivity contribution in [3.05, 3.63) is 107 Å². The van der Waals surface area contributed by atoms with Crippen LogP contribution in [0, 0.1) is 12.7 Å². The Morgan fingerprint density at radius 3 is 2.55 bits per heavy atom. The number of carbonyl (C=O) groups is 1. The molecule has 1 fully saturated rings. The molecule has 3 heterocycles. The average molecular weight is 566 g/mol. The van der Waals surface area contributed by atoms with Crippen LogP contribution in [0.5, 0.6) is 5.75 Å².